The maximum Gasteiger partial charge on any atom is 0.303 e. The van der Waals surface area contributed by atoms with Crippen molar-refractivity contribution >= 4 is 23.3 Å². The topological polar surface area (TPSA) is 37.3 Å². The van der Waals surface area contributed by atoms with Crippen molar-refractivity contribution in [3.63, 3.8) is 0 Å². The molecule has 0 saturated heterocycles. The molecule has 1 N–H and O–H groups in total. The molecule has 0 amide bonds. The molecular formula is C38H79AlO2. The standard InChI is InChI=1S/C38H76O2.Al.3H/c1-2-3-4-5-6-7-8-9-10-11-12-13-14-15-16-17-18-19-20-21-22-23-24-25-26-27-28-29-30-31-32-33-34-35-36-37-38(39)40;;;;/h2-37H2,1H3,(H,39,40);;;;. The van der Waals surface area contributed by atoms with Gasteiger partial charge in [-0.3, -0.25) is 4.79 Å². The molecule has 0 rings (SSSR count). The minimum atomic E-state index is -0.647. The number of carboxylic acids is 1. The van der Waals surface area contributed by atoms with E-state index in [4.69, 9.17) is 5.11 Å². The number of rotatable bonds is 36. The summed E-state index contributed by atoms with van der Waals surface area (Å²) >= 11 is 0. The van der Waals surface area contributed by atoms with Gasteiger partial charge in [-0.15, -0.1) is 0 Å². The van der Waals surface area contributed by atoms with Crippen molar-refractivity contribution < 1.29 is 9.90 Å². The summed E-state index contributed by atoms with van der Waals surface area (Å²) in [6, 6.07) is 0. The predicted molar refractivity (Wildman–Crippen MR) is 189 cm³/mol. The van der Waals surface area contributed by atoms with E-state index in [0.717, 1.165) is 12.8 Å². The van der Waals surface area contributed by atoms with E-state index in [1.54, 1.807) is 0 Å². The molecular weight excluding hydrogens is 515 g/mol. The second kappa shape index (κ2) is 40.0. The fraction of sp³-hybridized carbons (Fsp3) is 0.974. The monoisotopic (exact) mass is 595 g/mol. The highest BCUT2D eigenvalue weighted by Crippen LogP contribution is 2.17. The van der Waals surface area contributed by atoms with Crippen LogP contribution in [0.1, 0.15) is 238 Å². The fourth-order valence-electron chi connectivity index (χ4n) is 6.18. The van der Waals surface area contributed by atoms with E-state index in [1.807, 2.05) is 0 Å². The molecule has 0 bridgehead atoms. The second-order valence-electron chi connectivity index (χ2n) is 13.2. The van der Waals surface area contributed by atoms with Gasteiger partial charge < -0.3 is 5.11 Å². The molecule has 0 spiro atoms. The van der Waals surface area contributed by atoms with Crippen molar-refractivity contribution in [1.82, 2.24) is 0 Å². The summed E-state index contributed by atoms with van der Waals surface area (Å²) in [6.07, 6.45) is 49.9. The highest BCUT2D eigenvalue weighted by molar-refractivity contribution is 5.75. The average Bonchev–Trinajstić information content (AvgIpc) is 2.95. The van der Waals surface area contributed by atoms with Crippen LogP contribution in [0.4, 0.5) is 0 Å². The van der Waals surface area contributed by atoms with Crippen molar-refractivity contribution in [2.24, 2.45) is 0 Å². The van der Waals surface area contributed by atoms with Crippen LogP contribution in [0.3, 0.4) is 0 Å². The molecule has 3 heteroatoms. The van der Waals surface area contributed by atoms with Crippen molar-refractivity contribution in [2.75, 3.05) is 0 Å². The van der Waals surface area contributed by atoms with Gasteiger partial charge in [0.15, 0.2) is 17.4 Å². The highest BCUT2D eigenvalue weighted by atomic mass is 27.0. The van der Waals surface area contributed by atoms with Crippen LogP contribution in [-0.4, -0.2) is 28.4 Å². The molecule has 0 fully saturated rings. The molecule has 0 aliphatic carbocycles. The van der Waals surface area contributed by atoms with Crippen LogP contribution < -0.4 is 0 Å². The summed E-state index contributed by atoms with van der Waals surface area (Å²) in [6.45, 7) is 2.30. The number of hydrogen-bond acceptors (Lipinski definition) is 1. The highest BCUT2D eigenvalue weighted by Gasteiger charge is 1.98. The van der Waals surface area contributed by atoms with Crippen molar-refractivity contribution in [1.29, 1.82) is 0 Å². The molecule has 0 heterocycles. The summed E-state index contributed by atoms with van der Waals surface area (Å²) in [5, 5.41) is 8.64. The summed E-state index contributed by atoms with van der Waals surface area (Å²) in [5.74, 6) is -0.647. The number of carbonyl (C=O) groups is 1. The van der Waals surface area contributed by atoms with Gasteiger partial charge in [0, 0.05) is 6.42 Å². The lowest BCUT2D eigenvalue weighted by molar-refractivity contribution is -0.137. The fourth-order valence-corrected chi connectivity index (χ4v) is 6.18. The van der Waals surface area contributed by atoms with Crippen LogP contribution >= 0.6 is 0 Å². The summed E-state index contributed by atoms with van der Waals surface area (Å²) in [7, 11) is 0. The molecule has 0 aromatic carbocycles. The molecule has 2 nitrogen and oxygen atoms in total. The Morgan fingerprint density at radius 3 is 0.610 bits per heavy atom. The van der Waals surface area contributed by atoms with Gasteiger partial charge in [-0.1, -0.05) is 225 Å². The predicted octanol–water partition coefficient (Wildman–Crippen LogP) is 13.0. The van der Waals surface area contributed by atoms with Gasteiger partial charge in [0.2, 0.25) is 0 Å². The first-order valence-electron chi connectivity index (χ1n) is 19.0. The van der Waals surface area contributed by atoms with Crippen LogP contribution in [0.5, 0.6) is 0 Å². The van der Waals surface area contributed by atoms with Crippen LogP contribution in [0.25, 0.3) is 0 Å². The van der Waals surface area contributed by atoms with E-state index >= 15 is 0 Å². The summed E-state index contributed by atoms with van der Waals surface area (Å²) < 4.78 is 0. The third-order valence-corrected chi connectivity index (χ3v) is 8.99. The minimum absolute atomic E-state index is 0. The Balaban J connectivity index is 0. The van der Waals surface area contributed by atoms with Crippen LogP contribution in [0.15, 0.2) is 0 Å². The Morgan fingerprint density at radius 1 is 0.317 bits per heavy atom. The molecule has 0 aliphatic rings. The Kier molecular flexibility index (Phi) is 42.1. The van der Waals surface area contributed by atoms with Gasteiger partial charge in [0.05, 0.1) is 0 Å². The summed E-state index contributed by atoms with van der Waals surface area (Å²) in [5.41, 5.74) is 0. The molecule has 0 unspecified atom stereocenters. The first-order valence-corrected chi connectivity index (χ1v) is 19.0. The average molecular weight is 595 g/mol. The molecule has 0 saturated carbocycles. The van der Waals surface area contributed by atoms with Gasteiger partial charge in [0.25, 0.3) is 0 Å². The van der Waals surface area contributed by atoms with E-state index in [9.17, 15) is 4.79 Å². The van der Waals surface area contributed by atoms with Crippen LogP contribution in [-0.2, 0) is 4.79 Å². The molecule has 0 atom stereocenters. The first kappa shape index (κ1) is 43.1. The van der Waals surface area contributed by atoms with E-state index < -0.39 is 5.97 Å². The maximum absolute atomic E-state index is 10.5. The van der Waals surface area contributed by atoms with E-state index in [2.05, 4.69) is 6.92 Å². The quantitative estimate of drug-likeness (QED) is 0.0578. The lowest BCUT2D eigenvalue weighted by Crippen LogP contribution is -1.93. The van der Waals surface area contributed by atoms with Crippen molar-refractivity contribution in [2.45, 2.75) is 238 Å². The molecule has 41 heavy (non-hydrogen) atoms. The molecule has 0 radical (unpaired) electrons. The van der Waals surface area contributed by atoms with Crippen LogP contribution in [0, 0.1) is 0 Å². The molecule has 0 aromatic heterocycles. The largest absolute Gasteiger partial charge is 0.481 e. The van der Waals surface area contributed by atoms with Gasteiger partial charge >= 0.3 is 5.97 Å². The second-order valence-corrected chi connectivity index (χ2v) is 13.2. The normalized spacial score (nSPS) is 11.1. The number of unbranched alkanes of at least 4 members (excludes halogenated alkanes) is 34. The zero-order chi connectivity index (χ0) is 29.0. The van der Waals surface area contributed by atoms with E-state index in [0.29, 0.717) is 6.42 Å². The Hall–Kier alpha value is 0.00247. The zero-order valence-corrected chi connectivity index (χ0v) is 27.8. The number of hydrogen-bond donors (Lipinski definition) is 1. The molecule has 0 aromatic rings. The number of carboxylic acid groups (broad SMARTS) is 1. The Bertz CT molecular complexity index is 467. The lowest BCUT2D eigenvalue weighted by Gasteiger charge is -2.05. The van der Waals surface area contributed by atoms with Gasteiger partial charge in [0.1, 0.15) is 0 Å². The van der Waals surface area contributed by atoms with E-state index in [1.165, 1.54) is 212 Å². The SMILES string of the molecule is CCCCCCCCCCCCCCCCCCCCCCCCCCCCCCCCCCCCCC(=O)O.[AlH3]. The zero-order valence-electron chi connectivity index (χ0n) is 27.8. The molecule has 246 valence electrons. The van der Waals surface area contributed by atoms with Crippen LogP contribution in [0.2, 0.25) is 0 Å². The maximum atomic E-state index is 10.5. The van der Waals surface area contributed by atoms with Crippen molar-refractivity contribution in [3.8, 4) is 0 Å². The van der Waals surface area contributed by atoms with E-state index in [-0.39, 0.29) is 17.4 Å². The van der Waals surface area contributed by atoms with Gasteiger partial charge in [-0.05, 0) is 6.42 Å². The Morgan fingerprint density at radius 2 is 0.463 bits per heavy atom. The summed E-state index contributed by atoms with van der Waals surface area (Å²) in [4.78, 5) is 10.5. The molecule has 0 aliphatic heterocycles. The lowest BCUT2D eigenvalue weighted by atomic mass is 10.0. The third-order valence-electron chi connectivity index (χ3n) is 8.99. The minimum Gasteiger partial charge on any atom is -0.481 e. The van der Waals surface area contributed by atoms with Crippen molar-refractivity contribution in [3.05, 3.63) is 0 Å². The van der Waals surface area contributed by atoms with Gasteiger partial charge in [-0.25, -0.2) is 0 Å². The smallest absolute Gasteiger partial charge is 0.303 e. The van der Waals surface area contributed by atoms with Gasteiger partial charge in [-0.2, -0.15) is 0 Å². The Labute approximate surface area is 270 Å². The first-order chi connectivity index (χ1) is 19.8. The number of aliphatic carboxylic acids is 1. The third kappa shape index (κ3) is 42.2.